The highest BCUT2D eigenvalue weighted by molar-refractivity contribution is 9.10. The van der Waals surface area contributed by atoms with Gasteiger partial charge in [-0.1, -0.05) is 58.0 Å². The van der Waals surface area contributed by atoms with E-state index in [0.717, 1.165) is 26.9 Å². The first-order valence-electron chi connectivity index (χ1n) is 6.82. The summed E-state index contributed by atoms with van der Waals surface area (Å²) in [5.74, 6) is 1.65. The molecule has 2 aromatic carbocycles. The van der Waals surface area contributed by atoms with Crippen LogP contribution in [0.15, 0.2) is 76.5 Å². The Bertz CT molecular complexity index is 750. The van der Waals surface area contributed by atoms with E-state index in [2.05, 4.69) is 43.3 Å². The molecule has 0 spiro atoms. The number of nitrogens with zero attached hydrogens (tertiary/aromatic N) is 2. The van der Waals surface area contributed by atoms with Crippen LogP contribution in [0, 0.1) is 0 Å². The topological polar surface area (TPSA) is 37.8 Å². The lowest BCUT2D eigenvalue weighted by atomic mass is 10.2. The summed E-state index contributed by atoms with van der Waals surface area (Å²) in [5, 5.41) is 4.04. The fraction of sp³-hybridized carbons (Fsp3) is 0.0588. The minimum absolute atomic E-state index is 0.765. The minimum atomic E-state index is 0.765. The number of hydrogen-bond acceptors (Lipinski definition) is 4. The summed E-state index contributed by atoms with van der Waals surface area (Å²) >= 11 is 5.11. The number of thioether (sulfide) groups is 1. The Hall–Kier alpha value is -1.85. The number of benzene rings is 2. The molecule has 0 amide bonds. The molecule has 0 atom stereocenters. The number of aromatic nitrogens is 2. The first kappa shape index (κ1) is 15.1. The van der Waals surface area contributed by atoms with Crippen LogP contribution in [0.25, 0.3) is 0 Å². The molecule has 0 radical (unpaired) electrons. The SMILES string of the molecule is Brc1cccc(CSc2nccc(Nc3ccccc3)n2)c1. The highest BCUT2D eigenvalue weighted by Crippen LogP contribution is 2.23. The molecule has 0 aliphatic rings. The molecule has 0 aliphatic carbocycles. The zero-order valence-corrected chi connectivity index (χ0v) is 14.1. The smallest absolute Gasteiger partial charge is 0.189 e. The van der Waals surface area contributed by atoms with Gasteiger partial charge in [-0.15, -0.1) is 0 Å². The number of nitrogens with one attached hydrogen (secondary N) is 1. The lowest BCUT2D eigenvalue weighted by molar-refractivity contribution is 0.971. The maximum atomic E-state index is 4.53. The average Bonchev–Trinajstić information content (AvgIpc) is 2.54. The highest BCUT2D eigenvalue weighted by Gasteiger charge is 2.02. The Morgan fingerprint density at radius 3 is 2.68 bits per heavy atom. The second-order valence-electron chi connectivity index (χ2n) is 4.63. The molecule has 1 aromatic heterocycles. The second kappa shape index (κ2) is 7.42. The van der Waals surface area contributed by atoms with Gasteiger partial charge in [0.15, 0.2) is 5.16 Å². The molecular weight excluding hydrogens is 358 g/mol. The van der Waals surface area contributed by atoms with Gasteiger partial charge in [0.2, 0.25) is 0 Å². The van der Waals surface area contributed by atoms with E-state index < -0.39 is 0 Å². The van der Waals surface area contributed by atoms with Crippen molar-refractivity contribution in [3.63, 3.8) is 0 Å². The second-order valence-corrected chi connectivity index (χ2v) is 6.49. The van der Waals surface area contributed by atoms with E-state index in [1.54, 1.807) is 18.0 Å². The summed E-state index contributed by atoms with van der Waals surface area (Å²) in [6.45, 7) is 0. The molecule has 3 aromatic rings. The molecule has 3 rings (SSSR count). The van der Waals surface area contributed by atoms with Crippen molar-refractivity contribution in [3.8, 4) is 0 Å². The van der Waals surface area contributed by atoms with Crippen LogP contribution in [0.4, 0.5) is 11.5 Å². The fourth-order valence-electron chi connectivity index (χ4n) is 1.92. The van der Waals surface area contributed by atoms with Crippen molar-refractivity contribution in [2.75, 3.05) is 5.32 Å². The lowest BCUT2D eigenvalue weighted by Crippen LogP contribution is -1.96. The van der Waals surface area contributed by atoms with Gasteiger partial charge in [-0.05, 0) is 35.9 Å². The predicted octanol–water partition coefficient (Wildman–Crippen LogP) is 5.28. The maximum Gasteiger partial charge on any atom is 0.189 e. The van der Waals surface area contributed by atoms with Crippen LogP contribution in [-0.2, 0) is 5.75 Å². The van der Waals surface area contributed by atoms with Gasteiger partial charge in [0, 0.05) is 22.1 Å². The Kier molecular flexibility index (Phi) is 5.08. The average molecular weight is 372 g/mol. The van der Waals surface area contributed by atoms with E-state index in [4.69, 9.17) is 0 Å². The summed E-state index contributed by atoms with van der Waals surface area (Å²) in [6.07, 6.45) is 1.78. The Labute approximate surface area is 142 Å². The predicted molar refractivity (Wildman–Crippen MR) is 95.5 cm³/mol. The molecule has 3 nitrogen and oxygen atoms in total. The normalized spacial score (nSPS) is 10.4. The van der Waals surface area contributed by atoms with Crippen LogP contribution in [-0.4, -0.2) is 9.97 Å². The first-order valence-corrected chi connectivity index (χ1v) is 8.60. The van der Waals surface area contributed by atoms with Crippen molar-refractivity contribution < 1.29 is 0 Å². The molecule has 0 bridgehead atoms. The van der Waals surface area contributed by atoms with Crippen molar-refractivity contribution in [2.24, 2.45) is 0 Å². The van der Waals surface area contributed by atoms with Crippen molar-refractivity contribution in [3.05, 3.63) is 76.9 Å². The molecule has 0 unspecified atom stereocenters. The van der Waals surface area contributed by atoms with Crippen molar-refractivity contribution in [1.29, 1.82) is 0 Å². The van der Waals surface area contributed by atoms with Crippen LogP contribution in [0.3, 0.4) is 0 Å². The summed E-state index contributed by atoms with van der Waals surface area (Å²) in [6, 6.07) is 20.1. The standard InChI is InChI=1S/C17H14BrN3S/c18-14-6-4-5-13(11-14)12-22-17-19-10-9-16(21-17)20-15-7-2-1-3-8-15/h1-11H,12H2,(H,19,20,21). The Balaban J connectivity index is 1.66. The van der Waals surface area contributed by atoms with Gasteiger partial charge in [0.1, 0.15) is 5.82 Å². The van der Waals surface area contributed by atoms with Crippen LogP contribution in [0.5, 0.6) is 0 Å². The molecule has 5 heteroatoms. The van der Waals surface area contributed by atoms with Crippen molar-refractivity contribution in [1.82, 2.24) is 9.97 Å². The number of halogens is 1. The van der Waals surface area contributed by atoms with Crippen LogP contribution in [0.2, 0.25) is 0 Å². The van der Waals surface area contributed by atoms with Crippen LogP contribution in [0.1, 0.15) is 5.56 Å². The molecule has 22 heavy (non-hydrogen) atoms. The molecule has 1 heterocycles. The molecular formula is C17H14BrN3S. The van der Waals surface area contributed by atoms with Crippen LogP contribution >= 0.6 is 27.7 Å². The maximum absolute atomic E-state index is 4.53. The van der Waals surface area contributed by atoms with E-state index in [-0.39, 0.29) is 0 Å². The fourth-order valence-corrected chi connectivity index (χ4v) is 3.14. The van der Waals surface area contributed by atoms with Gasteiger partial charge < -0.3 is 5.32 Å². The van der Waals surface area contributed by atoms with Crippen molar-refractivity contribution in [2.45, 2.75) is 10.9 Å². The summed E-state index contributed by atoms with van der Waals surface area (Å²) < 4.78 is 1.09. The molecule has 0 saturated heterocycles. The van der Waals surface area contributed by atoms with Gasteiger partial charge in [-0.3, -0.25) is 0 Å². The third kappa shape index (κ3) is 4.32. The summed E-state index contributed by atoms with van der Waals surface area (Å²) in [7, 11) is 0. The minimum Gasteiger partial charge on any atom is -0.340 e. The lowest BCUT2D eigenvalue weighted by Gasteiger charge is -2.06. The highest BCUT2D eigenvalue weighted by atomic mass is 79.9. The number of para-hydroxylation sites is 1. The van der Waals surface area contributed by atoms with Gasteiger partial charge >= 0.3 is 0 Å². The molecule has 110 valence electrons. The number of anilines is 2. The Morgan fingerprint density at radius 1 is 1.00 bits per heavy atom. The van der Waals surface area contributed by atoms with Crippen LogP contribution < -0.4 is 5.32 Å². The summed E-state index contributed by atoms with van der Waals surface area (Å²) in [5.41, 5.74) is 2.26. The number of rotatable bonds is 5. The summed E-state index contributed by atoms with van der Waals surface area (Å²) in [4.78, 5) is 8.85. The largest absolute Gasteiger partial charge is 0.340 e. The van der Waals surface area contributed by atoms with Gasteiger partial charge in [0.25, 0.3) is 0 Å². The van der Waals surface area contributed by atoms with Gasteiger partial charge in [-0.2, -0.15) is 0 Å². The molecule has 0 aliphatic heterocycles. The monoisotopic (exact) mass is 371 g/mol. The van der Waals surface area contributed by atoms with E-state index in [0.29, 0.717) is 0 Å². The first-order chi connectivity index (χ1) is 10.8. The molecule has 0 fully saturated rings. The molecule has 1 N–H and O–H groups in total. The quantitative estimate of drug-likeness (QED) is 0.489. The van der Waals surface area contributed by atoms with E-state index in [9.17, 15) is 0 Å². The van der Waals surface area contributed by atoms with E-state index in [1.165, 1.54) is 5.56 Å². The van der Waals surface area contributed by atoms with Crippen molar-refractivity contribution >= 4 is 39.2 Å². The van der Waals surface area contributed by atoms with E-state index in [1.807, 2.05) is 48.5 Å². The molecule has 0 saturated carbocycles. The third-order valence-electron chi connectivity index (χ3n) is 2.94. The van der Waals surface area contributed by atoms with E-state index >= 15 is 0 Å². The number of hydrogen-bond donors (Lipinski definition) is 1. The zero-order valence-electron chi connectivity index (χ0n) is 11.7. The van der Waals surface area contributed by atoms with Gasteiger partial charge in [0.05, 0.1) is 0 Å². The zero-order chi connectivity index (χ0) is 15.2. The Morgan fingerprint density at radius 2 is 1.86 bits per heavy atom. The van der Waals surface area contributed by atoms with Gasteiger partial charge in [-0.25, -0.2) is 9.97 Å². The third-order valence-corrected chi connectivity index (χ3v) is 4.36.